The molecule has 170 valence electrons. The summed E-state index contributed by atoms with van der Waals surface area (Å²) in [7, 11) is 0. The highest BCUT2D eigenvalue weighted by molar-refractivity contribution is 6.08. The van der Waals surface area contributed by atoms with Crippen LogP contribution in [-0.4, -0.2) is 0 Å². The molecule has 0 nitrogen and oxygen atoms in total. The van der Waals surface area contributed by atoms with Crippen molar-refractivity contribution in [2.45, 2.75) is 71.1 Å². The summed E-state index contributed by atoms with van der Waals surface area (Å²) in [4.78, 5) is 0. The van der Waals surface area contributed by atoms with Gasteiger partial charge in [-0.3, -0.25) is 0 Å². The van der Waals surface area contributed by atoms with Gasteiger partial charge < -0.3 is 0 Å². The van der Waals surface area contributed by atoms with E-state index in [4.69, 9.17) is 0 Å². The van der Waals surface area contributed by atoms with Gasteiger partial charge in [-0.1, -0.05) is 31.9 Å². The second-order valence-corrected chi connectivity index (χ2v) is 10.3. The first kappa shape index (κ1) is 21.7. The van der Waals surface area contributed by atoms with E-state index in [0.717, 1.165) is 37.5 Å². The van der Waals surface area contributed by atoms with Gasteiger partial charge in [0.1, 0.15) is 0 Å². The molecule has 0 aliphatic heterocycles. The lowest BCUT2D eigenvalue weighted by Crippen LogP contribution is -2.25. The van der Waals surface area contributed by atoms with Crippen molar-refractivity contribution in [1.29, 1.82) is 0 Å². The van der Waals surface area contributed by atoms with Crippen molar-refractivity contribution in [3.8, 4) is 0 Å². The predicted molar refractivity (Wildman–Crippen MR) is 122 cm³/mol. The zero-order valence-corrected chi connectivity index (χ0v) is 18.8. The highest BCUT2D eigenvalue weighted by Gasteiger charge is 2.32. The van der Waals surface area contributed by atoms with Gasteiger partial charge in [0, 0.05) is 10.8 Å². The standard InChI is InChI=1S/C28H30F4/c1-15-3-5-17(6-4-15)18-7-9-19(10-8-18)22-14-21-12-11-20-13-16(2)25(29)27(31)23(20)24(21)28(32)26(22)30/h11-15,17-19H,3-10H2,1-2H3. The lowest BCUT2D eigenvalue weighted by molar-refractivity contribution is 0.164. The van der Waals surface area contributed by atoms with Gasteiger partial charge in [-0.25, -0.2) is 17.6 Å². The summed E-state index contributed by atoms with van der Waals surface area (Å²) in [5.41, 5.74) is 0.536. The van der Waals surface area contributed by atoms with E-state index in [1.165, 1.54) is 38.7 Å². The molecule has 2 aliphatic carbocycles. The van der Waals surface area contributed by atoms with Crippen LogP contribution in [0, 0.1) is 47.9 Å². The molecule has 3 aromatic carbocycles. The molecule has 2 saturated carbocycles. The molecule has 4 heteroatoms. The first-order valence-corrected chi connectivity index (χ1v) is 12.0. The van der Waals surface area contributed by atoms with Crippen molar-refractivity contribution < 1.29 is 17.6 Å². The van der Waals surface area contributed by atoms with E-state index in [1.54, 1.807) is 18.2 Å². The zero-order chi connectivity index (χ0) is 22.6. The van der Waals surface area contributed by atoms with Gasteiger partial charge in [0.15, 0.2) is 23.3 Å². The maximum absolute atomic E-state index is 15.3. The molecule has 5 rings (SSSR count). The molecule has 0 atom stereocenters. The average Bonchev–Trinajstić information content (AvgIpc) is 2.80. The molecule has 0 saturated heterocycles. The van der Waals surface area contributed by atoms with Crippen molar-refractivity contribution in [2.24, 2.45) is 17.8 Å². The summed E-state index contributed by atoms with van der Waals surface area (Å²) >= 11 is 0. The van der Waals surface area contributed by atoms with Crippen LogP contribution < -0.4 is 0 Å². The Morgan fingerprint density at radius 3 is 1.72 bits per heavy atom. The summed E-state index contributed by atoms with van der Waals surface area (Å²) in [6, 6.07) is 6.49. The average molecular weight is 443 g/mol. The van der Waals surface area contributed by atoms with Gasteiger partial charge >= 0.3 is 0 Å². The Balaban J connectivity index is 1.47. The minimum absolute atomic E-state index is 0.0250. The summed E-state index contributed by atoms with van der Waals surface area (Å²) in [5, 5.41) is 0.466. The van der Waals surface area contributed by atoms with Crippen LogP contribution in [0.15, 0.2) is 24.3 Å². The summed E-state index contributed by atoms with van der Waals surface area (Å²) in [5.74, 6) is -1.81. The second kappa shape index (κ2) is 8.35. The number of aryl methyl sites for hydroxylation is 1. The molecule has 0 unspecified atom stereocenters. The molecule has 0 amide bonds. The Kier molecular flexibility index (Phi) is 5.67. The maximum Gasteiger partial charge on any atom is 0.167 e. The van der Waals surface area contributed by atoms with E-state index in [1.807, 2.05) is 0 Å². The van der Waals surface area contributed by atoms with Gasteiger partial charge in [0.05, 0.1) is 0 Å². The fourth-order valence-corrected chi connectivity index (χ4v) is 6.35. The molecular formula is C28H30F4. The Labute approximate surface area is 187 Å². The first-order chi connectivity index (χ1) is 15.3. The fourth-order valence-electron chi connectivity index (χ4n) is 6.35. The number of fused-ring (bicyclic) bond motifs is 3. The largest absolute Gasteiger partial charge is 0.203 e. The van der Waals surface area contributed by atoms with Gasteiger partial charge in [-0.15, -0.1) is 0 Å². The number of rotatable bonds is 2. The van der Waals surface area contributed by atoms with E-state index in [2.05, 4.69) is 6.92 Å². The van der Waals surface area contributed by atoms with E-state index < -0.39 is 23.3 Å². The first-order valence-electron chi connectivity index (χ1n) is 12.0. The Hall–Kier alpha value is -2.10. The molecule has 0 heterocycles. The zero-order valence-electron chi connectivity index (χ0n) is 18.8. The highest BCUT2D eigenvalue weighted by atomic mass is 19.2. The van der Waals surface area contributed by atoms with Gasteiger partial charge in [0.25, 0.3) is 0 Å². The summed E-state index contributed by atoms with van der Waals surface area (Å²) < 4.78 is 59.5. The van der Waals surface area contributed by atoms with E-state index in [-0.39, 0.29) is 22.3 Å². The SMILES string of the molecule is Cc1cc2ccc3cc(C4CCC(C5CCC(C)CC5)CC4)c(F)c(F)c3c2c(F)c1F. The van der Waals surface area contributed by atoms with Crippen molar-refractivity contribution in [3.05, 3.63) is 58.7 Å². The van der Waals surface area contributed by atoms with Crippen LogP contribution in [0.25, 0.3) is 21.5 Å². The molecular weight excluding hydrogens is 412 g/mol. The Bertz CT molecular complexity index is 1170. The van der Waals surface area contributed by atoms with E-state index >= 15 is 8.78 Å². The van der Waals surface area contributed by atoms with Crippen LogP contribution in [0.1, 0.15) is 75.3 Å². The molecule has 0 radical (unpaired) electrons. The third kappa shape index (κ3) is 3.60. The lowest BCUT2D eigenvalue weighted by Gasteiger charge is -2.37. The fraction of sp³-hybridized carbons (Fsp3) is 0.500. The van der Waals surface area contributed by atoms with E-state index in [9.17, 15) is 8.78 Å². The molecule has 2 fully saturated rings. The van der Waals surface area contributed by atoms with Crippen LogP contribution >= 0.6 is 0 Å². The number of halogens is 4. The third-order valence-electron chi connectivity index (χ3n) is 8.32. The van der Waals surface area contributed by atoms with Crippen molar-refractivity contribution in [1.82, 2.24) is 0 Å². The molecule has 0 N–H and O–H groups in total. The quantitative estimate of drug-likeness (QED) is 0.274. The number of hydrogen-bond acceptors (Lipinski definition) is 0. The smallest absolute Gasteiger partial charge is 0.167 e. The summed E-state index contributed by atoms with van der Waals surface area (Å²) in [6.07, 6.45) is 9.02. The topological polar surface area (TPSA) is 0 Å². The second-order valence-electron chi connectivity index (χ2n) is 10.3. The predicted octanol–water partition coefficient (Wildman–Crippen LogP) is 8.96. The monoisotopic (exact) mass is 442 g/mol. The highest BCUT2D eigenvalue weighted by Crippen LogP contribution is 2.45. The summed E-state index contributed by atoms with van der Waals surface area (Å²) in [6.45, 7) is 3.79. The Morgan fingerprint density at radius 2 is 1.12 bits per heavy atom. The molecule has 0 spiro atoms. The van der Waals surface area contributed by atoms with Crippen LogP contribution in [0.3, 0.4) is 0 Å². The van der Waals surface area contributed by atoms with Crippen LogP contribution in [0.2, 0.25) is 0 Å². The van der Waals surface area contributed by atoms with E-state index in [0.29, 0.717) is 22.3 Å². The van der Waals surface area contributed by atoms with Crippen molar-refractivity contribution >= 4 is 21.5 Å². The van der Waals surface area contributed by atoms with Crippen molar-refractivity contribution in [2.75, 3.05) is 0 Å². The lowest BCUT2D eigenvalue weighted by atomic mass is 9.68. The third-order valence-corrected chi connectivity index (χ3v) is 8.32. The maximum atomic E-state index is 15.3. The van der Waals surface area contributed by atoms with Gasteiger partial charge in [-0.2, -0.15) is 0 Å². The van der Waals surface area contributed by atoms with Crippen LogP contribution in [0.4, 0.5) is 17.6 Å². The molecule has 3 aromatic rings. The number of benzene rings is 3. The minimum Gasteiger partial charge on any atom is -0.203 e. The van der Waals surface area contributed by atoms with Gasteiger partial charge in [0.2, 0.25) is 0 Å². The normalized spacial score (nSPS) is 26.7. The molecule has 0 aromatic heterocycles. The molecule has 32 heavy (non-hydrogen) atoms. The Morgan fingerprint density at radius 1 is 0.625 bits per heavy atom. The van der Waals surface area contributed by atoms with Crippen LogP contribution in [0.5, 0.6) is 0 Å². The van der Waals surface area contributed by atoms with Crippen LogP contribution in [-0.2, 0) is 0 Å². The number of hydrogen-bond donors (Lipinski definition) is 0. The minimum atomic E-state index is -1.11. The van der Waals surface area contributed by atoms with Crippen molar-refractivity contribution in [3.63, 3.8) is 0 Å². The molecule has 0 bridgehead atoms. The molecule has 2 aliphatic rings. The van der Waals surface area contributed by atoms with Gasteiger partial charge in [-0.05, 0) is 103 Å².